The lowest BCUT2D eigenvalue weighted by atomic mass is 9.74. The maximum Gasteiger partial charge on any atom is 0.331 e. The van der Waals surface area contributed by atoms with Crippen LogP contribution in [-0.2, 0) is 47.6 Å². The van der Waals surface area contributed by atoms with Gasteiger partial charge in [0.1, 0.15) is 6.10 Å². The number of fused-ring (bicyclic) bond motifs is 2. The van der Waals surface area contributed by atoms with Crippen LogP contribution in [0.25, 0.3) is 0 Å². The summed E-state index contributed by atoms with van der Waals surface area (Å²) in [5.74, 6) is -5.51. The zero-order chi connectivity index (χ0) is 34.2. The molecule has 0 aromatic heterocycles. The third-order valence-electron chi connectivity index (χ3n) is 7.44. The van der Waals surface area contributed by atoms with Crippen molar-refractivity contribution in [2.45, 2.75) is 95.9 Å². The molecule has 13 heteroatoms. The van der Waals surface area contributed by atoms with E-state index in [1.807, 2.05) is 13.0 Å². The number of cyclic esters (lactones) is 2. The Morgan fingerprint density at radius 1 is 1.11 bits per heavy atom. The molecule has 1 saturated heterocycles. The van der Waals surface area contributed by atoms with Crippen molar-refractivity contribution in [2.75, 3.05) is 33.5 Å². The van der Waals surface area contributed by atoms with Crippen LogP contribution in [0.5, 0.6) is 0 Å². The minimum Gasteiger partial charge on any atom is -0.466 e. The minimum atomic E-state index is -2.40. The topological polar surface area (TPSA) is 184 Å². The summed E-state index contributed by atoms with van der Waals surface area (Å²) in [6.07, 6.45) is 6.67. The molecular formula is C33H48O13. The van der Waals surface area contributed by atoms with E-state index in [9.17, 15) is 34.5 Å². The Morgan fingerprint density at radius 3 is 2.57 bits per heavy atom. The van der Waals surface area contributed by atoms with Crippen molar-refractivity contribution in [2.24, 2.45) is 5.41 Å². The van der Waals surface area contributed by atoms with Gasteiger partial charge in [-0.05, 0) is 24.8 Å². The Labute approximate surface area is 269 Å². The van der Waals surface area contributed by atoms with Crippen molar-refractivity contribution in [3.8, 4) is 0 Å². The van der Waals surface area contributed by atoms with Gasteiger partial charge in [-0.1, -0.05) is 51.5 Å². The third kappa shape index (κ3) is 12.4. The number of ether oxygens (including phenoxy) is 6. The molecule has 0 amide bonds. The van der Waals surface area contributed by atoms with Crippen LogP contribution in [0.15, 0.2) is 48.1 Å². The van der Waals surface area contributed by atoms with E-state index in [0.29, 0.717) is 6.42 Å². The molecule has 0 saturated carbocycles. The summed E-state index contributed by atoms with van der Waals surface area (Å²) in [6, 6.07) is 0. The third-order valence-corrected chi connectivity index (χ3v) is 7.44. The molecule has 2 heterocycles. The Kier molecular flexibility index (Phi) is 16.3. The molecule has 46 heavy (non-hydrogen) atoms. The van der Waals surface area contributed by atoms with Crippen LogP contribution in [0, 0.1) is 5.41 Å². The van der Waals surface area contributed by atoms with Crippen molar-refractivity contribution < 1.29 is 62.9 Å². The van der Waals surface area contributed by atoms with Gasteiger partial charge in [0.2, 0.25) is 5.79 Å². The molecule has 0 spiro atoms. The number of methoxy groups -OCH3 is 1. The largest absolute Gasteiger partial charge is 0.466 e. The van der Waals surface area contributed by atoms with Gasteiger partial charge in [0.25, 0.3) is 0 Å². The molecule has 2 aliphatic heterocycles. The summed E-state index contributed by atoms with van der Waals surface area (Å²) in [4.78, 5) is 50.5. The number of carbonyl (C=O) groups excluding carboxylic acids is 4. The molecule has 0 radical (unpaired) electrons. The van der Waals surface area contributed by atoms with Gasteiger partial charge in [0.15, 0.2) is 6.10 Å². The fourth-order valence-corrected chi connectivity index (χ4v) is 4.81. The first-order valence-corrected chi connectivity index (χ1v) is 15.5. The summed E-state index contributed by atoms with van der Waals surface area (Å²) < 4.78 is 32.8. The zero-order valence-corrected chi connectivity index (χ0v) is 27.1. The molecule has 0 unspecified atom stereocenters. The molecule has 3 N–H and O–H groups in total. The number of hydrogen-bond acceptors (Lipinski definition) is 13. The first kappa shape index (κ1) is 38.8. The summed E-state index contributed by atoms with van der Waals surface area (Å²) in [6.45, 7) is 4.91. The number of esters is 4. The Hall–Kier alpha value is -3.36. The van der Waals surface area contributed by atoms with Gasteiger partial charge in [-0.2, -0.15) is 0 Å². The van der Waals surface area contributed by atoms with Crippen molar-refractivity contribution in [1.82, 2.24) is 0 Å². The molecule has 5 atom stereocenters. The lowest BCUT2D eigenvalue weighted by Gasteiger charge is -2.50. The fourth-order valence-electron chi connectivity index (χ4n) is 4.81. The molecule has 0 aromatic rings. The van der Waals surface area contributed by atoms with Crippen molar-refractivity contribution >= 4 is 23.9 Å². The average Bonchev–Trinajstić information content (AvgIpc) is 3.00. The van der Waals surface area contributed by atoms with Crippen LogP contribution in [0.2, 0.25) is 0 Å². The lowest BCUT2D eigenvalue weighted by molar-refractivity contribution is -0.326. The van der Waals surface area contributed by atoms with E-state index in [-0.39, 0.29) is 51.1 Å². The lowest BCUT2D eigenvalue weighted by Crippen LogP contribution is -2.62. The second-order valence-corrected chi connectivity index (χ2v) is 11.6. The molecule has 13 nitrogen and oxygen atoms in total. The van der Waals surface area contributed by atoms with Gasteiger partial charge in [-0.25, -0.2) is 14.4 Å². The average molecular weight is 653 g/mol. The highest BCUT2D eigenvalue weighted by Gasteiger charge is 2.57. The molecule has 2 bridgehead atoms. The Bertz CT molecular complexity index is 1140. The highest BCUT2D eigenvalue weighted by molar-refractivity contribution is 5.85. The summed E-state index contributed by atoms with van der Waals surface area (Å²) in [5.41, 5.74) is -1.35. The number of aliphatic hydroxyl groups is 3. The Balaban J connectivity index is 2.55. The summed E-state index contributed by atoms with van der Waals surface area (Å²) >= 11 is 0. The van der Waals surface area contributed by atoms with E-state index in [0.717, 1.165) is 38.2 Å². The van der Waals surface area contributed by atoms with Gasteiger partial charge in [0.05, 0.1) is 39.0 Å². The van der Waals surface area contributed by atoms with Gasteiger partial charge in [-0.3, -0.25) is 4.79 Å². The maximum atomic E-state index is 13.0. The first-order chi connectivity index (χ1) is 21.8. The number of unbranched alkanes of at least 4 members (excludes halogenated alkanes) is 1. The molecule has 2 rings (SSSR count). The monoisotopic (exact) mass is 652 g/mol. The van der Waals surface area contributed by atoms with Crippen LogP contribution in [-0.4, -0.2) is 103 Å². The van der Waals surface area contributed by atoms with Gasteiger partial charge in [0, 0.05) is 49.7 Å². The fraction of sp³-hybridized carbons (Fsp3) is 0.636. The molecule has 0 aliphatic carbocycles. The van der Waals surface area contributed by atoms with Crippen molar-refractivity contribution in [3.05, 3.63) is 48.1 Å². The van der Waals surface area contributed by atoms with Gasteiger partial charge in [-0.15, -0.1) is 0 Å². The predicted octanol–water partition coefficient (Wildman–Crippen LogP) is 2.37. The minimum absolute atomic E-state index is 0.0369. The second-order valence-electron chi connectivity index (χ2n) is 11.6. The predicted molar refractivity (Wildman–Crippen MR) is 164 cm³/mol. The van der Waals surface area contributed by atoms with E-state index in [4.69, 9.17) is 28.4 Å². The van der Waals surface area contributed by atoms with Crippen LogP contribution in [0.4, 0.5) is 0 Å². The first-order valence-electron chi connectivity index (χ1n) is 15.5. The van der Waals surface area contributed by atoms with Crippen LogP contribution < -0.4 is 0 Å². The van der Waals surface area contributed by atoms with Gasteiger partial charge < -0.3 is 43.7 Å². The molecule has 2 aliphatic rings. The smallest absolute Gasteiger partial charge is 0.331 e. The quantitative estimate of drug-likeness (QED) is 0.158. The maximum absolute atomic E-state index is 13.0. The van der Waals surface area contributed by atoms with E-state index in [1.54, 1.807) is 6.08 Å². The number of hydrogen-bond donors (Lipinski definition) is 3. The van der Waals surface area contributed by atoms with Crippen LogP contribution in [0.1, 0.15) is 65.7 Å². The molecular weight excluding hydrogens is 604 g/mol. The highest BCUT2D eigenvalue weighted by atomic mass is 16.7. The normalized spacial score (nSPS) is 29.7. The van der Waals surface area contributed by atoms with Crippen LogP contribution >= 0.6 is 0 Å². The summed E-state index contributed by atoms with van der Waals surface area (Å²) in [7, 11) is 1.16. The van der Waals surface area contributed by atoms with E-state index in [2.05, 4.69) is 0 Å². The van der Waals surface area contributed by atoms with Crippen molar-refractivity contribution in [1.29, 1.82) is 0 Å². The SMILES string of the molecule is CCCC=CC=CC(=O)O[C@H]1C(=CC(=O)OC)C[C@H]2C[C@H](CO)OC(=O)C[C@H](O)CCOCCCOC(=O)C=CC(C)(C)[C@]1(O)O2. The number of allylic oxidation sites excluding steroid dienone is 3. The Morgan fingerprint density at radius 2 is 1.87 bits per heavy atom. The highest BCUT2D eigenvalue weighted by Crippen LogP contribution is 2.46. The summed E-state index contributed by atoms with van der Waals surface area (Å²) in [5, 5.41) is 32.5. The van der Waals surface area contributed by atoms with E-state index in [1.165, 1.54) is 26.0 Å². The van der Waals surface area contributed by atoms with Crippen LogP contribution in [0.3, 0.4) is 0 Å². The zero-order valence-electron chi connectivity index (χ0n) is 27.1. The second kappa shape index (κ2) is 19.3. The van der Waals surface area contributed by atoms with E-state index < -0.39 is 66.1 Å². The van der Waals surface area contributed by atoms with Gasteiger partial charge >= 0.3 is 23.9 Å². The molecule has 258 valence electrons. The van der Waals surface area contributed by atoms with Crippen molar-refractivity contribution in [3.63, 3.8) is 0 Å². The number of aliphatic hydroxyl groups excluding tert-OH is 2. The molecule has 0 aromatic carbocycles. The standard InChI is InChI=1S/C33H48O13/c1-5-6-7-8-9-11-28(37)45-31-23(19-29(38)41-4)18-25-21-26(22-34)44-30(39)20-24(35)13-17-42-15-10-16-43-27(36)12-14-32(2,3)33(31,40)46-25/h7-9,11-12,14,19,24-26,31,34-35,40H,5-6,10,13,15-18,20-22H2,1-4H3/t24-,25+,26-,31+,33-/m1/s1. The number of carbonyl (C=O) groups is 4. The molecule has 1 fully saturated rings. The number of rotatable bonds is 7. The van der Waals surface area contributed by atoms with E-state index >= 15 is 0 Å².